The smallest absolute Gasteiger partial charge is 0.124 e. The van der Waals surface area contributed by atoms with Crippen molar-refractivity contribution in [2.24, 2.45) is 0 Å². The van der Waals surface area contributed by atoms with Gasteiger partial charge in [-0.25, -0.2) is 5.48 Å². The summed E-state index contributed by atoms with van der Waals surface area (Å²) >= 11 is 0. The SMILES string of the molecule is CNOCc1ccccc1OC. The van der Waals surface area contributed by atoms with Crippen LogP contribution in [0, 0.1) is 0 Å². The van der Waals surface area contributed by atoms with Gasteiger partial charge in [0.25, 0.3) is 0 Å². The minimum absolute atomic E-state index is 0.514. The second-order valence-electron chi connectivity index (χ2n) is 2.30. The van der Waals surface area contributed by atoms with Gasteiger partial charge in [0.05, 0.1) is 13.7 Å². The minimum atomic E-state index is 0.514. The second-order valence-corrected chi connectivity index (χ2v) is 2.30. The maximum Gasteiger partial charge on any atom is 0.124 e. The maximum atomic E-state index is 5.13. The van der Waals surface area contributed by atoms with Crippen LogP contribution >= 0.6 is 0 Å². The van der Waals surface area contributed by atoms with Crippen LogP contribution in [0.4, 0.5) is 0 Å². The fourth-order valence-electron chi connectivity index (χ4n) is 0.972. The molecule has 1 N–H and O–H groups in total. The molecule has 0 amide bonds. The highest BCUT2D eigenvalue weighted by Crippen LogP contribution is 2.17. The Bertz CT molecular complexity index is 238. The van der Waals surface area contributed by atoms with E-state index in [1.807, 2.05) is 24.3 Å². The van der Waals surface area contributed by atoms with E-state index in [9.17, 15) is 0 Å². The van der Waals surface area contributed by atoms with Gasteiger partial charge in [0.15, 0.2) is 0 Å². The number of nitrogens with one attached hydrogen (secondary N) is 1. The predicted molar refractivity (Wildman–Crippen MR) is 46.8 cm³/mol. The first-order valence-corrected chi connectivity index (χ1v) is 3.79. The van der Waals surface area contributed by atoms with Crippen LogP contribution in [-0.2, 0) is 11.4 Å². The first kappa shape index (κ1) is 9.03. The number of ether oxygens (including phenoxy) is 1. The highest BCUT2D eigenvalue weighted by Gasteiger charge is 1.99. The highest BCUT2D eigenvalue weighted by atomic mass is 16.6. The minimum Gasteiger partial charge on any atom is -0.496 e. The Hall–Kier alpha value is -1.06. The third-order valence-electron chi connectivity index (χ3n) is 1.56. The van der Waals surface area contributed by atoms with Gasteiger partial charge >= 0.3 is 0 Å². The largest absolute Gasteiger partial charge is 0.496 e. The number of para-hydroxylation sites is 1. The molecule has 0 aliphatic heterocycles. The average molecular weight is 167 g/mol. The Morgan fingerprint density at radius 2 is 2.08 bits per heavy atom. The van der Waals surface area contributed by atoms with Gasteiger partial charge in [0, 0.05) is 12.6 Å². The Labute approximate surface area is 72.3 Å². The van der Waals surface area contributed by atoms with Crippen molar-refractivity contribution < 1.29 is 9.57 Å². The molecular formula is C9H13NO2. The summed E-state index contributed by atoms with van der Waals surface area (Å²) in [6.45, 7) is 0.514. The van der Waals surface area contributed by atoms with Crippen LogP contribution in [0.5, 0.6) is 5.75 Å². The van der Waals surface area contributed by atoms with Gasteiger partial charge in [0.2, 0.25) is 0 Å². The zero-order valence-electron chi connectivity index (χ0n) is 7.33. The van der Waals surface area contributed by atoms with Crippen molar-refractivity contribution in [2.45, 2.75) is 6.61 Å². The number of hydrogen-bond acceptors (Lipinski definition) is 3. The van der Waals surface area contributed by atoms with Gasteiger partial charge in [0.1, 0.15) is 5.75 Å². The van der Waals surface area contributed by atoms with Crippen LogP contribution in [-0.4, -0.2) is 14.2 Å². The van der Waals surface area contributed by atoms with Crippen LogP contribution < -0.4 is 10.2 Å². The quantitative estimate of drug-likeness (QED) is 0.686. The van der Waals surface area contributed by atoms with Crippen molar-refractivity contribution in [3.8, 4) is 5.75 Å². The molecule has 0 fully saturated rings. The summed E-state index contributed by atoms with van der Waals surface area (Å²) in [6, 6.07) is 7.77. The van der Waals surface area contributed by atoms with E-state index in [4.69, 9.17) is 9.57 Å². The Morgan fingerprint density at radius 1 is 1.33 bits per heavy atom. The van der Waals surface area contributed by atoms with E-state index in [2.05, 4.69) is 5.48 Å². The summed E-state index contributed by atoms with van der Waals surface area (Å²) in [5, 5.41) is 0. The van der Waals surface area contributed by atoms with Gasteiger partial charge in [-0.1, -0.05) is 18.2 Å². The molecule has 0 bridgehead atoms. The maximum absolute atomic E-state index is 5.13. The van der Waals surface area contributed by atoms with Crippen LogP contribution in [0.3, 0.4) is 0 Å². The van der Waals surface area contributed by atoms with Crippen molar-refractivity contribution in [3.63, 3.8) is 0 Å². The molecule has 0 aromatic heterocycles. The summed E-state index contributed by atoms with van der Waals surface area (Å²) in [4.78, 5) is 5.03. The Kier molecular flexibility index (Phi) is 3.57. The summed E-state index contributed by atoms with van der Waals surface area (Å²) in [7, 11) is 3.38. The van der Waals surface area contributed by atoms with Crippen molar-refractivity contribution >= 4 is 0 Å². The van der Waals surface area contributed by atoms with E-state index in [1.165, 1.54) is 0 Å². The molecule has 0 aliphatic rings. The summed E-state index contributed by atoms with van der Waals surface area (Å²) in [5.74, 6) is 0.854. The van der Waals surface area contributed by atoms with Gasteiger partial charge in [-0.15, -0.1) is 0 Å². The molecule has 0 unspecified atom stereocenters. The van der Waals surface area contributed by atoms with E-state index >= 15 is 0 Å². The van der Waals surface area contributed by atoms with Crippen LogP contribution in [0.2, 0.25) is 0 Å². The second kappa shape index (κ2) is 4.74. The Morgan fingerprint density at radius 3 is 2.75 bits per heavy atom. The number of hydroxylamine groups is 1. The molecule has 1 aromatic rings. The lowest BCUT2D eigenvalue weighted by molar-refractivity contribution is 0.0433. The van der Waals surface area contributed by atoms with Crippen LogP contribution in [0.15, 0.2) is 24.3 Å². The van der Waals surface area contributed by atoms with Crippen molar-refractivity contribution in [1.82, 2.24) is 5.48 Å². The molecule has 0 saturated carbocycles. The van der Waals surface area contributed by atoms with E-state index < -0.39 is 0 Å². The molecule has 0 aliphatic carbocycles. The van der Waals surface area contributed by atoms with Crippen molar-refractivity contribution in [1.29, 1.82) is 0 Å². The number of hydrogen-bond donors (Lipinski definition) is 1. The standard InChI is InChI=1S/C9H13NO2/c1-10-12-7-8-5-3-4-6-9(8)11-2/h3-6,10H,7H2,1-2H3. The van der Waals surface area contributed by atoms with Gasteiger partial charge in [-0.2, -0.15) is 0 Å². The molecule has 0 atom stereocenters. The van der Waals surface area contributed by atoms with E-state index in [0.29, 0.717) is 6.61 Å². The van der Waals surface area contributed by atoms with Gasteiger partial charge in [-0.3, -0.25) is 4.84 Å². The van der Waals surface area contributed by atoms with Crippen molar-refractivity contribution in [3.05, 3.63) is 29.8 Å². The zero-order valence-corrected chi connectivity index (χ0v) is 7.33. The molecule has 0 heterocycles. The zero-order chi connectivity index (χ0) is 8.81. The highest BCUT2D eigenvalue weighted by molar-refractivity contribution is 5.32. The molecule has 3 heteroatoms. The fourth-order valence-corrected chi connectivity index (χ4v) is 0.972. The summed E-state index contributed by atoms with van der Waals surface area (Å²) in [6.07, 6.45) is 0. The molecule has 0 saturated heterocycles. The number of benzene rings is 1. The molecule has 1 rings (SSSR count). The van der Waals surface area contributed by atoms with Crippen LogP contribution in [0.25, 0.3) is 0 Å². The van der Waals surface area contributed by atoms with Crippen molar-refractivity contribution in [2.75, 3.05) is 14.2 Å². The molecule has 0 spiro atoms. The lowest BCUT2D eigenvalue weighted by atomic mass is 10.2. The molecular weight excluding hydrogens is 154 g/mol. The van der Waals surface area contributed by atoms with E-state index in [0.717, 1.165) is 11.3 Å². The topological polar surface area (TPSA) is 30.5 Å². The lowest BCUT2D eigenvalue weighted by Crippen LogP contribution is -2.07. The molecule has 3 nitrogen and oxygen atoms in total. The Balaban J connectivity index is 2.68. The summed E-state index contributed by atoms with van der Waals surface area (Å²) < 4.78 is 5.13. The molecule has 0 radical (unpaired) electrons. The monoisotopic (exact) mass is 167 g/mol. The fraction of sp³-hybridized carbons (Fsp3) is 0.333. The number of methoxy groups -OCH3 is 1. The predicted octanol–water partition coefficient (Wildman–Crippen LogP) is 1.35. The molecule has 66 valence electrons. The third-order valence-corrected chi connectivity index (χ3v) is 1.56. The number of rotatable bonds is 4. The molecule has 12 heavy (non-hydrogen) atoms. The van der Waals surface area contributed by atoms with E-state index in [-0.39, 0.29) is 0 Å². The first-order valence-electron chi connectivity index (χ1n) is 3.79. The van der Waals surface area contributed by atoms with E-state index in [1.54, 1.807) is 14.2 Å². The summed E-state index contributed by atoms with van der Waals surface area (Å²) in [5.41, 5.74) is 3.65. The normalized spacial score (nSPS) is 9.83. The van der Waals surface area contributed by atoms with Crippen LogP contribution in [0.1, 0.15) is 5.56 Å². The first-order chi connectivity index (χ1) is 5.88. The van der Waals surface area contributed by atoms with Gasteiger partial charge in [-0.05, 0) is 6.07 Å². The average Bonchev–Trinajstić information content (AvgIpc) is 2.15. The third kappa shape index (κ3) is 2.22. The molecule has 1 aromatic carbocycles. The van der Waals surface area contributed by atoms with Gasteiger partial charge < -0.3 is 4.74 Å². The lowest BCUT2D eigenvalue weighted by Gasteiger charge is -2.06.